The molecule has 0 spiro atoms. The van der Waals surface area contributed by atoms with Gasteiger partial charge in [0.2, 0.25) is 0 Å². The number of likely N-dealkylation sites (tertiary alicyclic amines) is 1. The number of hydrogen-bond acceptors (Lipinski definition) is 5. The lowest BCUT2D eigenvalue weighted by molar-refractivity contribution is 0.00557. The number of nitrogens with zero attached hydrogens (tertiary/aromatic N) is 2. The number of aliphatic hydroxyl groups excluding tert-OH is 1. The maximum Gasteiger partial charge on any atom is 0.273 e. The number of nitrogen functional groups attached to an aromatic ring is 1. The molecule has 70 valence electrons. The van der Waals surface area contributed by atoms with Gasteiger partial charge in [-0.1, -0.05) is 0 Å². The Morgan fingerprint density at radius 2 is 2.46 bits per heavy atom. The first-order valence-electron chi connectivity index (χ1n) is 3.85. The zero-order valence-corrected chi connectivity index (χ0v) is 7.62. The van der Waals surface area contributed by atoms with Crippen LogP contribution in [0.1, 0.15) is 10.5 Å². The monoisotopic (exact) mass is 199 g/mol. The third kappa shape index (κ3) is 1.50. The molecule has 1 aromatic rings. The molecule has 0 bridgehead atoms. The average molecular weight is 199 g/mol. The smallest absolute Gasteiger partial charge is 0.273 e. The molecule has 1 aliphatic rings. The van der Waals surface area contributed by atoms with Crippen molar-refractivity contribution >= 4 is 22.4 Å². The van der Waals surface area contributed by atoms with E-state index in [1.165, 1.54) is 11.3 Å². The summed E-state index contributed by atoms with van der Waals surface area (Å²) in [6, 6.07) is 0. The van der Waals surface area contributed by atoms with E-state index in [-0.39, 0.29) is 12.0 Å². The number of hydrogen-bond donors (Lipinski definition) is 2. The Bertz CT molecular complexity index is 332. The lowest BCUT2D eigenvalue weighted by atomic mass is 10.1. The van der Waals surface area contributed by atoms with Crippen molar-refractivity contribution < 1.29 is 9.90 Å². The van der Waals surface area contributed by atoms with Crippen LogP contribution in [0.3, 0.4) is 0 Å². The molecule has 0 saturated carbocycles. The van der Waals surface area contributed by atoms with E-state index in [4.69, 9.17) is 10.8 Å². The van der Waals surface area contributed by atoms with E-state index in [9.17, 15) is 4.79 Å². The fourth-order valence-electron chi connectivity index (χ4n) is 1.17. The fourth-order valence-corrected chi connectivity index (χ4v) is 1.71. The third-order valence-corrected chi connectivity index (χ3v) is 2.56. The van der Waals surface area contributed by atoms with Gasteiger partial charge in [0.05, 0.1) is 6.10 Å². The molecule has 0 aromatic carbocycles. The summed E-state index contributed by atoms with van der Waals surface area (Å²) >= 11 is 1.24. The summed E-state index contributed by atoms with van der Waals surface area (Å²) in [6.45, 7) is 0.798. The predicted molar refractivity (Wildman–Crippen MR) is 48.4 cm³/mol. The third-order valence-electron chi connectivity index (χ3n) is 1.89. The molecule has 3 N–H and O–H groups in total. The summed E-state index contributed by atoms with van der Waals surface area (Å²) < 4.78 is 0. The average Bonchev–Trinajstić information content (AvgIpc) is 2.45. The standard InChI is InChI=1S/C7H9N3O2S/c8-7-9-5(3-13-7)6(12)10-1-4(11)2-10/h3-4,11H,1-2H2,(H2,8,9). The van der Waals surface area contributed by atoms with E-state index in [1.54, 1.807) is 10.3 Å². The van der Waals surface area contributed by atoms with Gasteiger partial charge in [-0.15, -0.1) is 11.3 Å². The molecule has 13 heavy (non-hydrogen) atoms. The van der Waals surface area contributed by atoms with E-state index < -0.39 is 0 Å². The number of anilines is 1. The largest absolute Gasteiger partial charge is 0.389 e. The molecular weight excluding hydrogens is 190 g/mol. The summed E-state index contributed by atoms with van der Waals surface area (Å²) in [6.07, 6.45) is -0.375. The van der Waals surface area contributed by atoms with Crippen LogP contribution in [0.15, 0.2) is 5.38 Å². The topological polar surface area (TPSA) is 79.5 Å². The second-order valence-electron chi connectivity index (χ2n) is 2.93. The minimum atomic E-state index is -0.375. The van der Waals surface area contributed by atoms with Gasteiger partial charge in [0, 0.05) is 18.5 Å². The van der Waals surface area contributed by atoms with Crippen molar-refractivity contribution in [1.82, 2.24) is 9.88 Å². The maximum absolute atomic E-state index is 11.5. The molecule has 0 aliphatic carbocycles. The molecule has 5 nitrogen and oxygen atoms in total. The van der Waals surface area contributed by atoms with Crippen molar-refractivity contribution in [1.29, 1.82) is 0 Å². The molecule has 2 rings (SSSR count). The van der Waals surface area contributed by atoms with Crippen LogP contribution < -0.4 is 5.73 Å². The Balaban J connectivity index is 2.06. The summed E-state index contributed by atoms with van der Waals surface area (Å²) in [5.41, 5.74) is 5.76. The SMILES string of the molecule is Nc1nc(C(=O)N2CC(O)C2)cs1. The van der Waals surface area contributed by atoms with Gasteiger partial charge in [-0.3, -0.25) is 4.79 Å². The van der Waals surface area contributed by atoms with Crippen LogP contribution in [0.5, 0.6) is 0 Å². The van der Waals surface area contributed by atoms with E-state index in [1.807, 2.05) is 0 Å². The van der Waals surface area contributed by atoms with E-state index in [0.29, 0.717) is 23.9 Å². The van der Waals surface area contributed by atoms with Crippen LogP contribution in [0.4, 0.5) is 5.13 Å². The Morgan fingerprint density at radius 3 is 2.92 bits per heavy atom. The Labute approximate surface area is 78.8 Å². The normalized spacial score (nSPS) is 17.2. The van der Waals surface area contributed by atoms with Gasteiger partial charge in [-0.25, -0.2) is 4.98 Å². The van der Waals surface area contributed by atoms with Crippen LogP contribution >= 0.6 is 11.3 Å². The van der Waals surface area contributed by atoms with Crippen molar-refractivity contribution in [3.05, 3.63) is 11.1 Å². The lowest BCUT2D eigenvalue weighted by Gasteiger charge is -2.35. The molecule has 0 radical (unpaired) electrons. The Hall–Kier alpha value is -1.14. The van der Waals surface area contributed by atoms with E-state index >= 15 is 0 Å². The van der Waals surface area contributed by atoms with Gasteiger partial charge in [-0.05, 0) is 0 Å². The van der Waals surface area contributed by atoms with Crippen LogP contribution in [0, 0.1) is 0 Å². The summed E-state index contributed by atoms with van der Waals surface area (Å²) in [5, 5.41) is 11.0. The molecule has 1 amide bonds. The summed E-state index contributed by atoms with van der Waals surface area (Å²) in [7, 11) is 0. The number of rotatable bonds is 1. The number of carbonyl (C=O) groups is 1. The van der Waals surface area contributed by atoms with Crippen molar-refractivity contribution in [2.24, 2.45) is 0 Å². The number of β-amino-alcohol motifs (C(OH)–C–C–N with tert-alkyl or cyclic N) is 1. The van der Waals surface area contributed by atoms with Gasteiger partial charge >= 0.3 is 0 Å². The Morgan fingerprint density at radius 1 is 1.77 bits per heavy atom. The highest BCUT2D eigenvalue weighted by Gasteiger charge is 2.30. The van der Waals surface area contributed by atoms with Gasteiger partial charge < -0.3 is 15.7 Å². The highest BCUT2D eigenvalue weighted by atomic mass is 32.1. The van der Waals surface area contributed by atoms with E-state index in [0.717, 1.165) is 0 Å². The van der Waals surface area contributed by atoms with E-state index in [2.05, 4.69) is 4.98 Å². The molecule has 0 atom stereocenters. The highest BCUT2D eigenvalue weighted by Crippen LogP contribution is 2.16. The van der Waals surface area contributed by atoms with Crippen molar-refractivity contribution in [2.75, 3.05) is 18.8 Å². The number of nitrogens with two attached hydrogens (primary N) is 1. The molecule has 0 unspecified atom stereocenters. The summed E-state index contributed by atoms with van der Waals surface area (Å²) in [4.78, 5) is 16.9. The Kier molecular flexibility index (Phi) is 1.93. The van der Waals surface area contributed by atoms with Crippen molar-refractivity contribution in [2.45, 2.75) is 6.10 Å². The zero-order valence-electron chi connectivity index (χ0n) is 6.80. The number of carbonyl (C=O) groups excluding carboxylic acids is 1. The van der Waals surface area contributed by atoms with Gasteiger partial charge in [0.25, 0.3) is 5.91 Å². The summed E-state index contributed by atoms with van der Waals surface area (Å²) in [5.74, 6) is -0.154. The zero-order chi connectivity index (χ0) is 9.42. The molecule has 2 heterocycles. The van der Waals surface area contributed by atoms with Gasteiger partial charge in [0.15, 0.2) is 5.13 Å². The number of aromatic nitrogens is 1. The van der Waals surface area contributed by atoms with Crippen LogP contribution in [0.2, 0.25) is 0 Å². The quantitative estimate of drug-likeness (QED) is 0.641. The maximum atomic E-state index is 11.5. The van der Waals surface area contributed by atoms with Crippen molar-refractivity contribution in [3.8, 4) is 0 Å². The van der Waals surface area contributed by atoms with Gasteiger partial charge in [-0.2, -0.15) is 0 Å². The first-order chi connectivity index (χ1) is 6.16. The molecule has 1 aromatic heterocycles. The van der Waals surface area contributed by atoms with Crippen LogP contribution in [-0.2, 0) is 0 Å². The minimum absolute atomic E-state index is 0.154. The lowest BCUT2D eigenvalue weighted by Crippen LogP contribution is -2.53. The molecule has 1 fully saturated rings. The number of amides is 1. The first kappa shape index (κ1) is 8.46. The second-order valence-corrected chi connectivity index (χ2v) is 3.82. The molecule has 1 saturated heterocycles. The molecular formula is C7H9N3O2S. The molecule has 6 heteroatoms. The fraction of sp³-hybridized carbons (Fsp3) is 0.429. The first-order valence-corrected chi connectivity index (χ1v) is 4.73. The van der Waals surface area contributed by atoms with Crippen molar-refractivity contribution in [3.63, 3.8) is 0 Å². The highest BCUT2D eigenvalue weighted by molar-refractivity contribution is 7.13. The van der Waals surface area contributed by atoms with Crippen LogP contribution in [-0.4, -0.2) is 40.1 Å². The predicted octanol–water partition coefficient (Wildman–Crippen LogP) is -0.458. The second kappa shape index (κ2) is 2.97. The van der Waals surface area contributed by atoms with Gasteiger partial charge in [0.1, 0.15) is 5.69 Å². The molecule has 1 aliphatic heterocycles. The van der Waals surface area contributed by atoms with Crippen LogP contribution in [0.25, 0.3) is 0 Å². The number of thiazole rings is 1. The number of aliphatic hydroxyl groups is 1. The minimum Gasteiger partial charge on any atom is -0.389 e.